The van der Waals surface area contributed by atoms with Crippen LogP contribution in [-0.4, -0.2) is 4.98 Å². The zero-order chi connectivity index (χ0) is 8.65. The molecular weight excluding hydrogens is 168 g/mol. The molecule has 0 spiro atoms. The highest BCUT2D eigenvalue weighted by Crippen LogP contribution is 2.02. The monoisotopic (exact) mass is 178 g/mol. The van der Waals surface area contributed by atoms with E-state index in [1.54, 1.807) is 6.20 Å². The first-order chi connectivity index (χ1) is 5.89. The van der Waals surface area contributed by atoms with E-state index < -0.39 is 0 Å². The number of hydrogen-bond donors (Lipinski definition) is 1. The van der Waals surface area contributed by atoms with Gasteiger partial charge in [-0.15, -0.1) is 11.3 Å². The quantitative estimate of drug-likeness (QED) is 0.672. The number of anilines is 1. The van der Waals surface area contributed by atoms with Crippen molar-refractivity contribution in [3.05, 3.63) is 48.0 Å². The molecule has 0 aliphatic carbocycles. The van der Waals surface area contributed by atoms with Crippen molar-refractivity contribution in [3.63, 3.8) is 0 Å². The van der Waals surface area contributed by atoms with Gasteiger partial charge in [-0.1, -0.05) is 36.4 Å². The molecule has 1 aromatic heterocycles. The lowest BCUT2D eigenvalue weighted by atomic mass is 10.4. The summed E-state index contributed by atoms with van der Waals surface area (Å²) in [5.41, 5.74) is 5.19. The average Bonchev–Trinajstić information content (AvgIpc) is 2.60. The van der Waals surface area contributed by atoms with E-state index in [2.05, 4.69) is 4.98 Å². The summed E-state index contributed by atoms with van der Waals surface area (Å²) < 4.78 is 0. The maximum Gasteiger partial charge on any atom is 0.179 e. The maximum absolute atomic E-state index is 5.19. The SMILES string of the molecule is Nc1nccs1.c1ccccc1. The maximum atomic E-state index is 5.19. The van der Waals surface area contributed by atoms with Crippen molar-refractivity contribution in [3.8, 4) is 0 Å². The highest BCUT2D eigenvalue weighted by molar-refractivity contribution is 7.13. The van der Waals surface area contributed by atoms with Crippen LogP contribution in [0.3, 0.4) is 0 Å². The van der Waals surface area contributed by atoms with E-state index in [0.717, 1.165) is 0 Å². The van der Waals surface area contributed by atoms with Crippen LogP contribution >= 0.6 is 11.3 Å². The molecule has 0 radical (unpaired) electrons. The van der Waals surface area contributed by atoms with Crippen LogP contribution in [0.1, 0.15) is 0 Å². The number of nitrogens with two attached hydrogens (primary N) is 1. The summed E-state index contributed by atoms with van der Waals surface area (Å²) in [6, 6.07) is 12.0. The van der Waals surface area contributed by atoms with Crippen LogP contribution in [-0.2, 0) is 0 Å². The van der Waals surface area contributed by atoms with Gasteiger partial charge in [-0.3, -0.25) is 0 Å². The van der Waals surface area contributed by atoms with Gasteiger partial charge in [0.1, 0.15) is 0 Å². The van der Waals surface area contributed by atoms with Crippen molar-refractivity contribution in [2.24, 2.45) is 0 Å². The van der Waals surface area contributed by atoms with Crippen molar-refractivity contribution in [1.82, 2.24) is 4.98 Å². The minimum Gasteiger partial charge on any atom is -0.375 e. The van der Waals surface area contributed by atoms with Gasteiger partial charge in [0, 0.05) is 11.6 Å². The predicted octanol–water partition coefficient (Wildman–Crippen LogP) is 2.41. The molecule has 12 heavy (non-hydrogen) atoms. The Kier molecular flexibility index (Phi) is 3.88. The van der Waals surface area contributed by atoms with E-state index in [4.69, 9.17) is 5.73 Å². The van der Waals surface area contributed by atoms with Crippen molar-refractivity contribution >= 4 is 16.5 Å². The van der Waals surface area contributed by atoms with Gasteiger partial charge in [0.05, 0.1) is 0 Å². The summed E-state index contributed by atoms with van der Waals surface area (Å²) in [7, 11) is 0. The summed E-state index contributed by atoms with van der Waals surface area (Å²) in [5.74, 6) is 0. The lowest BCUT2D eigenvalue weighted by molar-refractivity contribution is 1.43. The number of nitrogens with zero attached hydrogens (tertiary/aromatic N) is 1. The van der Waals surface area contributed by atoms with Crippen LogP contribution in [0.4, 0.5) is 5.13 Å². The molecule has 2 nitrogen and oxygen atoms in total. The Morgan fingerprint density at radius 1 is 1.00 bits per heavy atom. The highest BCUT2D eigenvalue weighted by Gasteiger charge is 1.76. The zero-order valence-electron chi connectivity index (χ0n) is 6.55. The molecule has 0 amide bonds. The first kappa shape index (κ1) is 8.74. The second kappa shape index (κ2) is 5.32. The van der Waals surface area contributed by atoms with Crippen molar-refractivity contribution in [2.45, 2.75) is 0 Å². The highest BCUT2D eigenvalue weighted by atomic mass is 32.1. The summed E-state index contributed by atoms with van der Waals surface area (Å²) in [5, 5.41) is 2.48. The summed E-state index contributed by atoms with van der Waals surface area (Å²) in [4.78, 5) is 3.71. The first-order valence-corrected chi connectivity index (χ1v) is 4.42. The van der Waals surface area contributed by atoms with Gasteiger partial charge in [0.25, 0.3) is 0 Å². The topological polar surface area (TPSA) is 38.9 Å². The Balaban J connectivity index is 0.000000120. The Bertz CT molecular complexity index is 252. The first-order valence-electron chi connectivity index (χ1n) is 3.54. The number of benzene rings is 1. The molecule has 0 bridgehead atoms. The molecule has 0 aliphatic rings. The minimum absolute atomic E-state index is 0.634. The fourth-order valence-electron chi connectivity index (χ4n) is 0.619. The molecule has 0 unspecified atom stereocenters. The van der Waals surface area contributed by atoms with E-state index in [1.807, 2.05) is 41.8 Å². The molecule has 0 saturated heterocycles. The van der Waals surface area contributed by atoms with Gasteiger partial charge in [-0.2, -0.15) is 0 Å². The van der Waals surface area contributed by atoms with Gasteiger partial charge in [-0.05, 0) is 0 Å². The Morgan fingerprint density at radius 2 is 1.50 bits per heavy atom. The number of hydrogen-bond acceptors (Lipinski definition) is 3. The van der Waals surface area contributed by atoms with E-state index in [0.29, 0.717) is 5.13 Å². The van der Waals surface area contributed by atoms with Crippen LogP contribution in [0.25, 0.3) is 0 Å². The molecule has 1 heterocycles. The predicted molar refractivity (Wildman–Crippen MR) is 53.0 cm³/mol. The van der Waals surface area contributed by atoms with Crippen molar-refractivity contribution < 1.29 is 0 Å². The normalized spacial score (nSPS) is 8.33. The third kappa shape index (κ3) is 3.73. The van der Waals surface area contributed by atoms with Crippen LogP contribution in [0.5, 0.6) is 0 Å². The summed E-state index contributed by atoms with van der Waals surface area (Å²) in [6.45, 7) is 0. The molecule has 2 aromatic rings. The van der Waals surface area contributed by atoms with Gasteiger partial charge < -0.3 is 5.73 Å². The Hall–Kier alpha value is -1.35. The van der Waals surface area contributed by atoms with Crippen LogP contribution < -0.4 is 5.73 Å². The molecule has 0 aliphatic heterocycles. The average molecular weight is 178 g/mol. The third-order valence-electron chi connectivity index (χ3n) is 1.12. The van der Waals surface area contributed by atoms with Crippen molar-refractivity contribution in [2.75, 3.05) is 5.73 Å². The molecule has 0 fully saturated rings. The largest absolute Gasteiger partial charge is 0.375 e. The van der Waals surface area contributed by atoms with E-state index >= 15 is 0 Å². The number of thiazole rings is 1. The van der Waals surface area contributed by atoms with Gasteiger partial charge in [0.2, 0.25) is 0 Å². The number of aromatic nitrogens is 1. The second-order valence-corrected chi connectivity index (χ2v) is 2.95. The van der Waals surface area contributed by atoms with Gasteiger partial charge in [-0.25, -0.2) is 4.98 Å². The fourth-order valence-corrected chi connectivity index (χ4v) is 1.00. The zero-order valence-corrected chi connectivity index (χ0v) is 7.37. The molecule has 2 N–H and O–H groups in total. The third-order valence-corrected chi connectivity index (χ3v) is 1.72. The number of rotatable bonds is 0. The molecule has 0 saturated carbocycles. The van der Waals surface area contributed by atoms with Crippen LogP contribution in [0.2, 0.25) is 0 Å². The van der Waals surface area contributed by atoms with E-state index in [9.17, 15) is 0 Å². The Morgan fingerprint density at radius 3 is 1.67 bits per heavy atom. The summed E-state index contributed by atoms with van der Waals surface area (Å²) >= 11 is 1.44. The fraction of sp³-hybridized carbons (Fsp3) is 0. The minimum atomic E-state index is 0.634. The smallest absolute Gasteiger partial charge is 0.179 e. The van der Waals surface area contributed by atoms with Gasteiger partial charge in [0.15, 0.2) is 5.13 Å². The van der Waals surface area contributed by atoms with Crippen LogP contribution in [0, 0.1) is 0 Å². The lowest BCUT2D eigenvalue weighted by Crippen LogP contribution is -1.77. The van der Waals surface area contributed by atoms with Crippen LogP contribution in [0.15, 0.2) is 48.0 Å². The Labute approximate surface area is 75.7 Å². The molecule has 0 atom stereocenters. The molecule has 2 rings (SSSR count). The second-order valence-electron chi connectivity index (χ2n) is 2.03. The van der Waals surface area contributed by atoms with E-state index in [1.165, 1.54) is 11.3 Å². The lowest BCUT2D eigenvalue weighted by Gasteiger charge is -1.69. The molecule has 1 aromatic carbocycles. The standard InChI is InChI=1S/C6H6.C3H4N2S/c1-2-4-6-5-3-1;4-3-5-1-2-6-3/h1-6H;1-2H,(H2,4,5). The van der Waals surface area contributed by atoms with E-state index in [-0.39, 0.29) is 0 Å². The van der Waals surface area contributed by atoms with Crippen molar-refractivity contribution in [1.29, 1.82) is 0 Å². The summed E-state index contributed by atoms with van der Waals surface area (Å²) in [6.07, 6.45) is 1.68. The molecule has 3 heteroatoms. The molecule has 62 valence electrons. The number of nitrogen functional groups attached to an aromatic ring is 1. The van der Waals surface area contributed by atoms with Gasteiger partial charge >= 0.3 is 0 Å². The molecular formula is C9H10N2S.